The van der Waals surface area contributed by atoms with Gasteiger partial charge in [0.05, 0.1) is 0 Å². The molecule has 0 radical (unpaired) electrons. The van der Waals surface area contributed by atoms with Crippen LogP contribution in [0.5, 0.6) is 0 Å². The fraction of sp³-hybridized carbons (Fsp3) is 0. The Labute approximate surface area is 77.2 Å². The van der Waals surface area contributed by atoms with E-state index in [-0.39, 0.29) is 26.2 Å². The van der Waals surface area contributed by atoms with Gasteiger partial charge in [-0.25, -0.2) is 0 Å². The largest absolute Gasteiger partial charge is 0.428 e. The zero-order chi connectivity index (χ0) is 5.98. The summed E-state index contributed by atoms with van der Waals surface area (Å²) < 4.78 is 1.32. The average Bonchev–Trinajstić information content (AvgIpc) is 1.77. The van der Waals surface area contributed by atoms with Crippen LogP contribution < -0.4 is 0 Å². The maximum absolute atomic E-state index is 8.73. The second-order valence-electron chi connectivity index (χ2n) is 1.38. The average molecular weight is 218 g/mol. The van der Waals surface area contributed by atoms with Crippen molar-refractivity contribution in [3.05, 3.63) is 29.0 Å². The molecule has 1 heterocycles. The van der Waals surface area contributed by atoms with Gasteiger partial charge in [0.2, 0.25) is 0 Å². The molecule has 0 aromatic carbocycles. The van der Waals surface area contributed by atoms with Crippen LogP contribution in [-0.4, -0.2) is 9.94 Å². The van der Waals surface area contributed by atoms with Crippen LogP contribution in [0.1, 0.15) is 0 Å². The summed E-state index contributed by atoms with van der Waals surface area (Å²) in [5.74, 6) is 0. The van der Waals surface area contributed by atoms with E-state index in [2.05, 4.69) is 12.2 Å². The molecule has 0 aliphatic rings. The Balaban J connectivity index is 0.000000640. The molecule has 0 aliphatic carbocycles. The Morgan fingerprint density at radius 2 is 2.11 bits per heavy atom. The van der Waals surface area contributed by atoms with Gasteiger partial charge in [-0.1, -0.05) is 18.3 Å². The molecule has 1 rings (SSSR count). The summed E-state index contributed by atoms with van der Waals surface area (Å²) in [5, 5.41) is 8.73. The van der Waals surface area contributed by atoms with Crippen LogP contribution in [-0.2, 0) is 26.2 Å². The summed E-state index contributed by atoms with van der Waals surface area (Å²) >= 11 is 4.67. The molecule has 0 aliphatic heterocycles. The van der Waals surface area contributed by atoms with E-state index < -0.39 is 0 Å². The van der Waals surface area contributed by atoms with Gasteiger partial charge >= 0.3 is 0 Å². The fourth-order valence-corrected chi connectivity index (χ4v) is 0.558. The molecule has 0 amide bonds. The van der Waals surface area contributed by atoms with Gasteiger partial charge < -0.3 is 5.21 Å². The number of rotatable bonds is 0. The summed E-state index contributed by atoms with van der Waals surface area (Å²) in [6.45, 7) is 0. The Morgan fingerprint density at radius 3 is 2.44 bits per heavy atom. The van der Waals surface area contributed by atoms with Crippen LogP contribution in [0.3, 0.4) is 0 Å². The molecular weight excluding hydrogens is 213 g/mol. The zero-order valence-electron chi connectivity index (χ0n) is 4.61. The Kier molecular flexibility index (Phi) is 3.99. The first-order valence-electron chi connectivity index (χ1n) is 2.17. The molecule has 1 aromatic rings. The van der Waals surface area contributed by atoms with Crippen molar-refractivity contribution in [3.63, 3.8) is 0 Å². The third kappa shape index (κ3) is 2.42. The predicted molar refractivity (Wildman–Crippen MR) is 32.5 cm³/mol. The minimum absolute atomic E-state index is 0. The fourth-order valence-electron chi connectivity index (χ4n) is 0.419. The van der Waals surface area contributed by atoms with E-state index in [1.807, 2.05) is 0 Å². The van der Waals surface area contributed by atoms with Gasteiger partial charge in [-0.15, -0.1) is 0 Å². The second kappa shape index (κ2) is 3.96. The molecule has 0 saturated heterocycles. The normalized spacial score (nSPS) is 8.00. The van der Waals surface area contributed by atoms with Gasteiger partial charge in [-0.3, -0.25) is 0 Å². The molecule has 0 saturated carbocycles. The van der Waals surface area contributed by atoms with Gasteiger partial charge in [0.1, 0.15) is 4.64 Å². The minimum atomic E-state index is 0. The summed E-state index contributed by atoms with van der Waals surface area (Å²) in [4.78, 5) is 0. The van der Waals surface area contributed by atoms with Crippen molar-refractivity contribution >= 4 is 12.2 Å². The SMILES string of the molecule is On1ccccc1=S.[Zr]. The van der Waals surface area contributed by atoms with Crippen molar-refractivity contribution in [2.24, 2.45) is 0 Å². The molecule has 0 spiro atoms. The van der Waals surface area contributed by atoms with Crippen LogP contribution in [0, 0.1) is 4.64 Å². The summed E-state index contributed by atoms with van der Waals surface area (Å²) in [7, 11) is 0. The summed E-state index contributed by atoms with van der Waals surface area (Å²) in [6, 6.07) is 5.13. The molecule has 1 aromatic heterocycles. The van der Waals surface area contributed by atoms with E-state index >= 15 is 0 Å². The first-order chi connectivity index (χ1) is 3.80. The predicted octanol–water partition coefficient (Wildman–Crippen LogP) is 1.45. The molecule has 0 fully saturated rings. The van der Waals surface area contributed by atoms with Gasteiger partial charge in [-0.2, -0.15) is 4.73 Å². The van der Waals surface area contributed by atoms with Crippen molar-refractivity contribution < 1.29 is 31.4 Å². The van der Waals surface area contributed by atoms with Crippen molar-refractivity contribution in [1.82, 2.24) is 4.73 Å². The number of pyridine rings is 1. The summed E-state index contributed by atoms with van der Waals surface area (Å²) in [6.07, 6.45) is 1.49. The van der Waals surface area contributed by atoms with Crippen molar-refractivity contribution in [3.8, 4) is 0 Å². The summed E-state index contributed by atoms with van der Waals surface area (Å²) in [5.41, 5.74) is 0. The van der Waals surface area contributed by atoms with E-state index in [1.54, 1.807) is 18.2 Å². The molecule has 46 valence electrons. The maximum Gasteiger partial charge on any atom is 0.142 e. The quantitative estimate of drug-likeness (QED) is 0.527. The van der Waals surface area contributed by atoms with Gasteiger partial charge in [0, 0.05) is 32.4 Å². The minimum Gasteiger partial charge on any atom is -0.428 e. The van der Waals surface area contributed by atoms with E-state index in [0.717, 1.165) is 4.73 Å². The van der Waals surface area contributed by atoms with Crippen LogP contribution in [0.4, 0.5) is 0 Å². The van der Waals surface area contributed by atoms with Crippen LogP contribution in [0.25, 0.3) is 0 Å². The number of hydrogen-bond donors (Lipinski definition) is 1. The number of hydrogen-bond acceptors (Lipinski definition) is 2. The molecule has 2 nitrogen and oxygen atoms in total. The smallest absolute Gasteiger partial charge is 0.142 e. The molecule has 0 bridgehead atoms. The Hall–Kier alpha value is 0.0531. The van der Waals surface area contributed by atoms with Crippen molar-refractivity contribution in [2.75, 3.05) is 0 Å². The van der Waals surface area contributed by atoms with Gasteiger partial charge in [0.25, 0.3) is 0 Å². The first-order valence-corrected chi connectivity index (χ1v) is 2.58. The van der Waals surface area contributed by atoms with E-state index in [9.17, 15) is 0 Å². The molecular formula is C5H5NOSZr. The Morgan fingerprint density at radius 1 is 1.44 bits per heavy atom. The second-order valence-corrected chi connectivity index (χ2v) is 1.80. The Bertz CT molecular complexity index is 234. The maximum atomic E-state index is 8.73. The first kappa shape index (κ1) is 9.05. The standard InChI is InChI=1S/C5H5NOS.Zr/c7-6-4-2-1-3-5(6)8;/h1-4,7H;. The van der Waals surface area contributed by atoms with E-state index in [1.165, 1.54) is 6.20 Å². The van der Waals surface area contributed by atoms with Gasteiger partial charge in [-0.05, 0) is 12.1 Å². The number of aromatic nitrogens is 1. The zero-order valence-corrected chi connectivity index (χ0v) is 7.89. The van der Waals surface area contributed by atoms with E-state index in [0.29, 0.717) is 4.64 Å². The monoisotopic (exact) mass is 217 g/mol. The van der Waals surface area contributed by atoms with Gasteiger partial charge in [0.15, 0.2) is 0 Å². The van der Waals surface area contributed by atoms with Crippen LogP contribution in [0.2, 0.25) is 0 Å². The van der Waals surface area contributed by atoms with E-state index in [4.69, 9.17) is 5.21 Å². The van der Waals surface area contributed by atoms with Crippen LogP contribution in [0.15, 0.2) is 24.4 Å². The third-order valence-corrected chi connectivity index (χ3v) is 1.13. The third-order valence-electron chi connectivity index (χ3n) is 0.803. The molecule has 1 N–H and O–H groups in total. The molecule has 0 atom stereocenters. The van der Waals surface area contributed by atoms with Crippen LogP contribution >= 0.6 is 12.2 Å². The molecule has 4 heteroatoms. The molecule has 9 heavy (non-hydrogen) atoms. The molecule has 0 unspecified atom stereocenters. The van der Waals surface area contributed by atoms with Crippen molar-refractivity contribution in [1.29, 1.82) is 0 Å². The van der Waals surface area contributed by atoms with Crippen molar-refractivity contribution in [2.45, 2.75) is 0 Å². The number of nitrogens with zero attached hydrogens (tertiary/aromatic N) is 1. The topological polar surface area (TPSA) is 25.2 Å².